The van der Waals surface area contributed by atoms with E-state index in [4.69, 9.17) is 27.0 Å². The topological polar surface area (TPSA) is 127 Å². The summed E-state index contributed by atoms with van der Waals surface area (Å²) in [6.45, 7) is 5.36. The van der Waals surface area contributed by atoms with Gasteiger partial charge in [0.25, 0.3) is 0 Å². The highest BCUT2D eigenvalue weighted by Gasteiger charge is 2.21. The molecule has 174 valence electrons. The Morgan fingerprint density at radius 2 is 2.00 bits per heavy atom. The van der Waals surface area contributed by atoms with E-state index in [1.807, 2.05) is 19.9 Å². The largest absolute Gasteiger partial charge is 0.454 e. The molecule has 0 saturated carbocycles. The standard InChI is InChI=1S/C24H21ClFN5O3/c1-11-9-14(13(3)28-16-7-8-18(25)30-20(16)24(27)31-33)23-15(10-11)21(32)12(2)22(34-23)17-5-4-6-19(26)29-17/h4-10,13,28,33H,1-3H3,(H2,27,31)/t13-/m1/s1. The first-order chi connectivity index (χ1) is 16.2. The van der Waals surface area contributed by atoms with E-state index in [1.54, 1.807) is 31.2 Å². The molecule has 34 heavy (non-hydrogen) atoms. The molecule has 1 aromatic carbocycles. The summed E-state index contributed by atoms with van der Waals surface area (Å²) >= 11 is 5.98. The van der Waals surface area contributed by atoms with E-state index in [0.29, 0.717) is 27.8 Å². The number of benzene rings is 1. The van der Waals surface area contributed by atoms with Crippen LogP contribution in [-0.2, 0) is 0 Å². The number of aromatic nitrogens is 2. The van der Waals surface area contributed by atoms with Gasteiger partial charge in [0.05, 0.1) is 17.1 Å². The summed E-state index contributed by atoms with van der Waals surface area (Å²) in [6, 6.07) is 10.7. The van der Waals surface area contributed by atoms with Crippen LogP contribution in [0.3, 0.4) is 0 Å². The minimum absolute atomic E-state index is 0.167. The average molecular weight is 482 g/mol. The number of anilines is 1. The Morgan fingerprint density at radius 1 is 1.24 bits per heavy atom. The molecular formula is C24H21ClFN5O3. The lowest BCUT2D eigenvalue weighted by Crippen LogP contribution is -2.19. The molecule has 0 aliphatic carbocycles. The fourth-order valence-corrected chi connectivity index (χ4v) is 3.92. The third kappa shape index (κ3) is 4.29. The van der Waals surface area contributed by atoms with Crippen LogP contribution in [0, 0.1) is 19.8 Å². The molecule has 4 aromatic rings. The van der Waals surface area contributed by atoms with Gasteiger partial charge in [0.2, 0.25) is 5.95 Å². The highest BCUT2D eigenvalue weighted by Crippen LogP contribution is 2.32. The normalized spacial score (nSPS) is 12.7. The Balaban J connectivity index is 1.89. The van der Waals surface area contributed by atoms with E-state index in [-0.39, 0.29) is 33.6 Å². The van der Waals surface area contributed by atoms with Crippen molar-refractivity contribution in [3.8, 4) is 11.5 Å². The van der Waals surface area contributed by atoms with Crippen LogP contribution in [0.2, 0.25) is 5.15 Å². The van der Waals surface area contributed by atoms with Crippen LogP contribution in [-0.4, -0.2) is 21.0 Å². The van der Waals surface area contributed by atoms with Crippen LogP contribution >= 0.6 is 11.6 Å². The van der Waals surface area contributed by atoms with Crippen molar-refractivity contribution < 1.29 is 14.0 Å². The minimum atomic E-state index is -0.676. The second-order valence-electron chi connectivity index (χ2n) is 7.84. The molecule has 4 N–H and O–H groups in total. The minimum Gasteiger partial charge on any atom is -0.454 e. The highest BCUT2D eigenvalue weighted by atomic mass is 35.5. The van der Waals surface area contributed by atoms with Crippen molar-refractivity contribution in [1.29, 1.82) is 0 Å². The number of hydrogen-bond donors (Lipinski definition) is 3. The summed E-state index contributed by atoms with van der Waals surface area (Å²) in [4.78, 5) is 21.2. The van der Waals surface area contributed by atoms with Gasteiger partial charge in [-0.3, -0.25) is 4.79 Å². The molecule has 4 rings (SSSR count). The molecule has 3 aromatic heterocycles. The maximum Gasteiger partial charge on any atom is 0.213 e. The Labute approximate surface area is 198 Å². The number of amidine groups is 1. The van der Waals surface area contributed by atoms with Gasteiger partial charge in [-0.2, -0.15) is 4.39 Å². The number of fused-ring (bicyclic) bond motifs is 1. The lowest BCUT2D eigenvalue weighted by Gasteiger charge is -2.20. The Morgan fingerprint density at radius 3 is 2.71 bits per heavy atom. The summed E-state index contributed by atoms with van der Waals surface area (Å²) in [6.07, 6.45) is 0. The van der Waals surface area contributed by atoms with E-state index in [1.165, 1.54) is 12.1 Å². The third-order valence-electron chi connectivity index (χ3n) is 5.39. The number of aryl methyl sites for hydroxylation is 1. The highest BCUT2D eigenvalue weighted by molar-refractivity contribution is 6.29. The first-order valence-corrected chi connectivity index (χ1v) is 10.7. The molecule has 0 fully saturated rings. The van der Waals surface area contributed by atoms with Gasteiger partial charge in [-0.15, -0.1) is 0 Å². The van der Waals surface area contributed by atoms with Gasteiger partial charge in [-0.25, -0.2) is 9.97 Å². The summed E-state index contributed by atoms with van der Waals surface area (Å²) < 4.78 is 20.0. The zero-order valence-corrected chi connectivity index (χ0v) is 19.3. The molecule has 3 heterocycles. The number of nitrogens with zero attached hydrogens (tertiary/aromatic N) is 3. The Kier molecular flexibility index (Phi) is 6.21. The first-order valence-electron chi connectivity index (χ1n) is 10.3. The van der Waals surface area contributed by atoms with Crippen LogP contribution in [0.15, 0.2) is 56.8 Å². The van der Waals surface area contributed by atoms with Crippen LogP contribution in [0.1, 0.15) is 35.3 Å². The molecule has 0 saturated heterocycles. The van der Waals surface area contributed by atoms with Crippen LogP contribution in [0.4, 0.5) is 10.1 Å². The van der Waals surface area contributed by atoms with Crippen LogP contribution < -0.4 is 16.5 Å². The quantitative estimate of drug-likeness (QED) is 0.121. The summed E-state index contributed by atoms with van der Waals surface area (Å²) in [5, 5.41) is 16.0. The smallest absolute Gasteiger partial charge is 0.213 e. The second kappa shape index (κ2) is 9.11. The van der Waals surface area contributed by atoms with Crippen molar-refractivity contribution in [3.63, 3.8) is 0 Å². The molecule has 0 unspecified atom stereocenters. The van der Waals surface area contributed by atoms with Crippen molar-refractivity contribution in [2.45, 2.75) is 26.8 Å². The van der Waals surface area contributed by atoms with Crippen LogP contribution in [0.25, 0.3) is 22.4 Å². The van der Waals surface area contributed by atoms with Crippen LogP contribution in [0.5, 0.6) is 0 Å². The molecule has 0 amide bonds. The van der Waals surface area contributed by atoms with Gasteiger partial charge < -0.3 is 20.7 Å². The molecular weight excluding hydrogens is 461 g/mol. The number of rotatable bonds is 5. The van der Waals surface area contributed by atoms with Crippen molar-refractivity contribution in [3.05, 3.63) is 86.2 Å². The molecule has 8 nitrogen and oxygen atoms in total. The summed E-state index contributed by atoms with van der Waals surface area (Å²) in [7, 11) is 0. The van der Waals surface area contributed by atoms with Gasteiger partial charge in [0.15, 0.2) is 17.0 Å². The SMILES string of the molecule is Cc1cc([C@@H](C)Nc2ccc(Cl)nc2/C(N)=N/O)c2oc(-c3cccc(F)n3)c(C)c(=O)c2c1. The Bertz CT molecular complexity index is 1500. The number of nitrogens with two attached hydrogens (primary N) is 1. The van der Waals surface area contributed by atoms with Crippen molar-refractivity contribution in [2.24, 2.45) is 10.9 Å². The molecule has 0 radical (unpaired) electrons. The molecule has 10 heteroatoms. The van der Waals surface area contributed by atoms with Crippen molar-refractivity contribution >= 4 is 34.1 Å². The fraction of sp³-hybridized carbons (Fsp3) is 0.167. The summed E-state index contributed by atoms with van der Waals surface area (Å²) in [5.74, 6) is -0.697. The maximum absolute atomic E-state index is 13.8. The first kappa shape index (κ1) is 23.2. The molecule has 0 bridgehead atoms. The lowest BCUT2D eigenvalue weighted by atomic mass is 9.99. The number of oxime groups is 1. The monoisotopic (exact) mass is 481 g/mol. The van der Waals surface area contributed by atoms with E-state index in [9.17, 15) is 9.18 Å². The van der Waals surface area contributed by atoms with E-state index >= 15 is 0 Å². The second-order valence-corrected chi connectivity index (χ2v) is 8.23. The molecule has 0 aliphatic heterocycles. The average Bonchev–Trinajstić information content (AvgIpc) is 2.81. The zero-order chi connectivity index (χ0) is 24.6. The predicted octanol–water partition coefficient (Wildman–Crippen LogP) is 4.93. The van der Waals surface area contributed by atoms with Crippen molar-refractivity contribution in [1.82, 2.24) is 9.97 Å². The number of halogens is 2. The van der Waals surface area contributed by atoms with Gasteiger partial charge in [0.1, 0.15) is 22.1 Å². The number of pyridine rings is 2. The number of hydrogen-bond acceptors (Lipinski definition) is 7. The molecule has 0 aliphatic rings. The van der Waals surface area contributed by atoms with Crippen molar-refractivity contribution in [2.75, 3.05) is 5.32 Å². The summed E-state index contributed by atoms with van der Waals surface area (Å²) in [5.41, 5.74) is 8.58. The zero-order valence-electron chi connectivity index (χ0n) is 18.6. The molecule has 1 atom stereocenters. The van der Waals surface area contributed by atoms with Gasteiger partial charge in [-0.05, 0) is 56.7 Å². The lowest BCUT2D eigenvalue weighted by molar-refractivity contribution is 0.318. The third-order valence-corrected chi connectivity index (χ3v) is 5.60. The van der Waals surface area contributed by atoms with E-state index < -0.39 is 12.0 Å². The number of nitrogens with one attached hydrogen (secondary N) is 1. The van der Waals surface area contributed by atoms with Gasteiger partial charge >= 0.3 is 0 Å². The van der Waals surface area contributed by atoms with Gasteiger partial charge in [0, 0.05) is 11.1 Å². The predicted molar refractivity (Wildman–Crippen MR) is 129 cm³/mol. The maximum atomic E-state index is 13.8. The molecule has 0 spiro atoms. The fourth-order valence-electron chi connectivity index (χ4n) is 3.77. The Hall–Kier alpha value is -3.98. The van der Waals surface area contributed by atoms with Gasteiger partial charge in [-0.1, -0.05) is 28.9 Å². The van der Waals surface area contributed by atoms with E-state index in [2.05, 4.69) is 20.4 Å². The van der Waals surface area contributed by atoms with E-state index in [0.717, 1.165) is 5.56 Å².